The first-order chi connectivity index (χ1) is 9.13. The molecule has 1 rings (SSSR count). The van der Waals surface area contributed by atoms with E-state index in [2.05, 4.69) is 21.2 Å². The van der Waals surface area contributed by atoms with Gasteiger partial charge >= 0.3 is 5.97 Å². The number of unbranched alkanes of at least 4 members (excludes halogenated alkanes) is 2. The predicted molar refractivity (Wildman–Crippen MR) is 77.5 cm³/mol. The van der Waals surface area contributed by atoms with E-state index in [-0.39, 0.29) is 12.3 Å². The Kier molecular flexibility index (Phi) is 7.18. The van der Waals surface area contributed by atoms with Gasteiger partial charge in [-0.2, -0.15) is 0 Å². The van der Waals surface area contributed by atoms with Crippen molar-refractivity contribution >= 4 is 27.8 Å². The molecule has 0 radical (unpaired) electrons. The number of halogens is 1. The summed E-state index contributed by atoms with van der Waals surface area (Å²) in [4.78, 5) is 22.1. The van der Waals surface area contributed by atoms with Crippen molar-refractivity contribution in [3.05, 3.63) is 35.4 Å². The van der Waals surface area contributed by atoms with Crippen molar-refractivity contribution in [1.82, 2.24) is 5.32 Å². The van der Waals surface area contributed by atoms with Gasteiger partial charge in [0.05, 0.1) is 0 Å². The number of aliphatic carboxylic acids is 1. The van der Waals surface area contributed by atoms with Gasteiger partial charge in [0.25, 0.3) is 5.91 Å². The smallest absolute Gasteiger partial charge is 0.303 e. The lowest BCUT2D eigenvalue weighted by Gasteiger charge is -2.06. The van der Waals surface area contributed by atoms with Crippen LogP contribution >= 0.6 is 15.9 Å². The summed E-state index contributed by atoms with van der Waals surface area (Å²) in [6.45, 7) is 0.580. The van der Waals surface area contributed by atoms with Gasteiger partial charge in [0.2, 0.25) is 0 Å². The number of benzene rings is 1. The molecular formula is C14H18BrNO3. The fourth-order valence-electron chi connectivity index (χ4n) is 1.68. The first-order valence-corrected chi connectivity index (χ1v) is 7.40. The van der Waals surface area contributed by atoms with Gasteiger partial charge in [0.15, 0.2) is 0 Å². The molecule has 0 saturated heterocycles. The van der Waals surface area contributed by atoms with Gasteiger partial charge < -0.3 is 10.4 Å². The van der Waals surface area contributed by atoms with Crippen LogP contribution in [0.2, 0.25) is 0 Å². The molecule has 0 heterocycles. The van der Waals surface area contributed by atoms with E-state index in [4.69, 9.17) is 5.11 Å². The van der Waals surface area contributed by atoms with E-state index in [0.717, 1.165) is 23.7 Å². The fraction of sp³-hybridized carbons (Fsp3) is 0.429. The average molecular weight is 328 g/mol. The lowest BCUT2D eigenvalue weighted by Crippen LogP contribution is -2.24. The monoisotopic (exact) mass is 327 g/mol. The second kappa shape index (κ2) is 8.69. The molecule has 0 atom stereocenters. The molecule has 0 fully saturated rings. The van der Waals surface area contributed by atoms with Crippen LogP contribution in [-0.2, 0) is 10.1 Å². The Labute approximate surface area is 121 Å². The van der Waals surface area contributed by atoms with Gasteiger partial charge in [-0.1, -0.05) is 34.5 Å². The summed E-state index contributed by atoms with van der Waals surface area (Å²) < 4.78 is 0. The average Bonchev–Trinajstić information content (AvgIpc) is 2.42. The number of rotatable bonds is 8. The van der Waals surface area contributed by atoms with Gasteiger partial charge in [-0.15, -0.1) is 0 Å². The van der Waals surface area contributed by atoms with Crippen LogP contribution in [0.4, 0.5) is 0 Å². The van der Waals surface area contributed by atoms with Crippen LogP contribution in [0.5, 0.6) is 0 Å². The van der Waals surface area contributed by atoms with Crippen molar-refractivity contribution in [2.24, 2.45) is 0 Å². The number of nitrogens with one attached hydrogen (secondary N) is 1. The Morgan fingerprint density at radius 1 is 1.21 bits per heavy atom. The third-order valence-corrected chi connectivity index (χ3v) is 3.34. The van der Waals surface area contributed by atoms with E-state index < -0.39 is 5.97 Å². The number of carbonyl (C=O) groups excluding carboxylic acids is 1. The minimum atomic E-state index is -0.768. The van der Waals surface area contributed by atoms with Crippen LogP contribution in [0.15, 0.2) is 24.3 Å². The molecule has 0 aliphatic rings. The predicted octanol–water partition coefficient (Wildman–Crippen LogP) is 2.96. The highest BCUT2D eigenvalue weighted by atomic mass is 79.9. The molecule has 104 valence electrons. The second-order valence-electron chi connectivity index (χ2n) is 4.29. The van der Waals surface area contributed by atoms with E-state index in [1.54, 1.807) is 6.07 Å². The molecule has 0 aliphatic heterocycles. The van der Waals surface area contributed by atoms with Crippen molar-refractivity contribution in [1.29, 1.82) is 0 Å². The van der Waals surface area contributed by atoms with Crippen LogP contribution < -0.4 is 5.32 Å². The first-order valence-electron chi connectivity index (χ1n) is 6.28. The van der Waals surface area contributed by atoms with Gasteiger partial charge in [-0.05, 0) is 30.5 Å². The molecule has 0 unspecified atom stereocenters. The van der Waals surface area contributed by atoms with E-state index in [1.165, 1.54) is 0 Å². The van der Waals surface area contributed by atoms with Crippen LogP contribution in [0.3, 0.4) is 0 Å². The first kappa shape index (κ1) is 15.7. The molecule has 1 amide bonds. The molecule has 4 nitrogen and oxygen atoms in total. The summed E-state index contributed by atoms with van der Waals surface area (Å²) in [5.74, 6) is -0.850. The van der Waals surface area contributed by atoms with Gasteiger partial charge in [0, 0.05) is 23.9 Å². The lowest BCUT2D eigenvalue weighted by atomic mass is 10.1. The van der Waals surface area contributed by atoms with E-state index in [1.807, 2.05) is 18.2 Å². The zero-order chi connectivity index (χ0) is 14.1. The molecule has 1 aromatic carbocycles. The Bertz CT molecular complexity index is 434. The lowest BCUT2D eigenvalue weighted by molar-refractivity contribution is -0.137. The minimum absolute atomic E-state index is 0.0824. The summed E-state index contributed by atoms with van der Waals surface area (Å²) in [5, 5.41) is 12.0. The Morgan fingerprint density at radius 3 is 2.68 bits per heavy atom. The highest BCUT2D eigenvalue weighted by Crippen LogP contribution is 2.08. The van der Waals surface area contributed by atoms with Crippen LogP contribution in [0.1, 0.15) is 41.6 Å². The van der Waals surface area contributed by atoms with Gasteiger partial charge in [-0.25, -0.2) is 0 Å². The normalized spacial score (nSPS) is 10.2. The van der Waals surface area contributed by atoms with Crippen molar-refractivity contribution in [3.8, 4) is 0 Å². The minimum Gasteiger partial charge on any atom is -0.481 e. The van der Waals surface area contributed by atoms with Crippen LogP contribution in [0.25, 0.3) is 0 Å². The Balaban J connectivity index is 2.25. The third-order valence-electron chi connectivity index (χ3n) is 2.70. The summed E-state index contributed by atoms with van der Waals surface area (Å²) in [6, 6.07) is 7.45. The number of carboxylic acid groups (broad SMARTS) is 1. The maximum Gasteiger partial charge on any atom is 0.303 e. The molecule has 1 aromatic rings. The Hall–Kier alpha value is -1.36. The van der Waals surface area contributed by atoms with Gasteiger partial charge in [0.1, 0.15) is 0 Å². The number of carbonyl (C=O) groups is 2. The second-order valence-corrected chi connectivity index (χ2v) is 4.86. The topological polar surface area (TPSA) is 66.4 Å². The van der Waals surface area contributed by atoms with E-state index in [9.17, 15) is 9.59 Å². The highest BCUT2D eigenvalue weighted by molar-refractivity contribution is 9.08. The molecule has 0 bridgehead atoms. The quantitative estimate of drug-likeness (QED) is 0.569. The number of hydrogen-bond acceptors (Lipinski definition) is 2. The molecule has 19 heavy (non-hydrogen) atoms. The summed E-state index contributed by atoms with van der Waals surface area (Å²) in [5.41, 5.74) is 1.72. The standard InChI is InChI=1S/C14H18BrNO3/c15-10-11-5-4-6-12(9-11)14(19)16-8-3-1-2-7-13(17)18/h4-6,9H,1-3,7-8,10H2,(H,16,19)(H,17,18). The van der Waals surface area contributed by atoms with Crippen molar-refractivity contribution in [2.45, 2.75) is 31.0 Å². The Morgan fingerprint density at radius 2 is 2.00 bits per heavy atom. The molecule has 0 aromatic heterocycles. The number of carboxylic acids is 1. The molecule has 0 spiro atoms. The van der Waals surface area contributed by atoms with Crippen LogP contribution in [-0.4, -0.2) is 23.5 Å². The highest BCUT2D eigenvalue weighted by Gasteiger charge is 2.05. The number of hydrogen-bond donors (Lipinski definition) is 2. The zero-order valence-electron chi connectivity index (χ0n) is 10.7. The van der Waals surface area contributed by atoms with Crippen molar-refractivity contribution in [2.75, 3.05) is 6.54 Å². The largest absolute Gasteiger partial charge is 0.481 e. The summed E-state index contributed by atoms with van der Waals surface area (Å²) in [6.07, 6.45) is 2.47. The summed E-state index contributed by atoms with van der Waals surface area (Å²) >= 11 is 3.35. The molecule has 5 heteroatoms. The van der Waals surface area contributed by atoms with Crippen LogP contribution in [0, 0.1) is 0 Å². The maximum atomic E-state index is 11.8. The molecule has 0 saturated carbocycles. The SMILES string of the molecule is O=C(O)CCCCCNC(=O)c1cccc(CBr)c1. The van der Waals surface area contributed by atoms with Crippen molar-refractivity contribution < 1.29 is 14.7 Å². The van der Waals surface area contributed by atoms with Crippen molar-refractivity contribution in [3.63, 3.8) is 0 Å². The molecule has 2 N–H and O–H groups in total. The zero-order valence-corrected chi connectivity index (χ0v) is 12.3. The van der Waals surface area contributed by atoms with E-state index in [0.29, 0.717) is 18.5 Å². The van der Waals surface area contributed by atoms with E-state index >= 15 is 0 Å². The molecular weight excluding hydrogens is 310 g/mol. The summed E-state index contributed by atoms with van der Waals surface area (Å²) in [7, 11) is 0. The third kappa shape index (κ3) is 6.38. The molecule has 0 aliphatic carbocycles. The number of alkyl halides is 1. The maximum absolute atomic E-state index is 11.8. The fourth-order valence-corrected chi connectivity index (χ4v) is 2.03. The van der Waals surface area contributed by atoms with Gasteiger partial charge in [-0.3, -0.25) is 9.59 Å². The number of amides is 1.